The van der Waals surface area contributed by atoms with Gasteiger partial charge in [-0.25, -0.2) is 13.6 Å². The third-order valence-corrected chi connectivity index (χ3v) is 6.08. The van der Waals surface area contributed by atoms with Gasteiger partial charge in [-0.05, 0) is 30.9 Å². The van der Waals surface area contributed by atoms with Crippen LogP contribution in [-0.4, -0.2) is 27.2 Å². The van der Waals surface area contributed by atoms with Crippen LogP contribution in [0.1, 0.15) is 57.5 Å². The Bertz CT molecular complexity index is 594. The maximum Gasteiger partial charge on any atom is 0.341 e. The molecule has 1 rings (SSSR count). The van der Waals surface area contributed by atoms with Crippen LogP contribution in [-0.2, 0) is 9.84 Å². The van der Waals surface area contributed by atoms with Gasteiger partial charge in [0.2, 0.25) is 0 Å². The summed E-state index contributed by atoms with van der Waals surface area (Å²) in [7, 11) is 0.441. The summed E-state index contributed by atoms with van der Waals surface area (Å²) in [4.78, 5) is 11.2. The highest BCUT2D eigenvalue weighted by Crippen LogP contribution is 2.51. The van der Waals surface area contributed by atoms with E-state index in [0.29, 0.717) is 10.5 Å². The van der Waals surface area contributed by atoms with Crippen molar-refractivity contribution >= 4 is 16.5 Å². The molecule has 0 aromatic heterocycles. The van der Waals surface area contributed by atoms with E-state index >= 15 is 0 Å². The maximum atomic E-state index is 14.8. The van der Waals surface area contributed by atoms with Crippen LogP contribution in [0.3, 0.4) is 0 Å². The van der Waals surface area contributed by atoms with E-state index in [0.717, 1.165) is 6.07 Å². The summed E-state index contributed by atoms with van der Waals surface area (Å²) in [6.45, 7) is 11.3. The first-order chi connectivity index (χ1) is 9.81. The zero-order chi connectivity index (χ0) is 17.5. The Balaban J connectivity index is 3.82. The molecule has 0 radical (unpaired) electrons. The van der Waals surface area contributed by atoms with Crippen LogP contribution in [0.25, 0.3) is 0 Å². The van der Waals surface area contributed by atoms with Crippen LogP contribution in [0.5, 0.6) is 0 Å². The summed E-state index contributed by atoms with van der Waals surface area (Å²) in [5.41, 5.74) is -2.82. The third kappa shape index (κ3) is 2.70. The number of aromatic carboxylic acids is 1. The fourth-order valence-corrected chi connectivity index (χ4v) is 3.38. The fraction of sp³-hybridized carbons (Fsp3) is 0.562. The molecular weight excluding hydrogens is 306 g/mol. The van der Waals surface area contributed by atoms with Gasteiger partial charge in [-0.2, -0.15) is 0 Å². The van der Waals surface area contributed by atoms with Crippen LogP contribution in [0.4, 0.5) is 8.78 Å². The van der Waals surface area contributed by atoms with E-state index < -0.39 is 39.6 Å². The molecule has 124 valence electrons. The van der Waals surface area contributed by atoms with E-state index in [4.69, 9.17) is 9.53 Å². The minimum Gasteiger partial charge on any atom is -0.477 e. The molecule has 0 amide bonds. The number of benzene rings is 1. The van der Waals surface area contributed by atoms with Gasteiger partial charge in [0.05, 0.1) is 5.60 Å². The Morgan fingerprint density at radius 2 is 1.64 bits per heavy atom. The van der Waals surface area contributed by atoms with Gasteiger partial charge in [0, 0.05) is 5.41 Å². The van der Waals surface area contributed by atoms with Gasteiger partial charge in [0.1, 0.15) is 27.7 Å². The minimum atomic E-state index is -1.61. The van der Waals surface area contributed by atoms with Crippen molar-refractivity contribution in [3.8, 4) is 0 Å². The topological polar surface area (TPSA) is 46.5 Å². The van der Waals surface area contributed by atoms with Crippen molar-refractivity contribution in [2.24, 2.45) is 5.41 Å². The molecule has 1 N–H and O–H groups in total. The Morgan fingerprint density at radius 1 is 1.14 bits per heavy atom. The third-order valence-electron chi connectivity index (χ3n) is 5.06. The molecule has 1 unspecified atom stereocenters. The van der Waals surface area contributed by atoms with E-state index in [9.17, 15) is 13.6 Å². The number of carboxylic acids is 1. The van der Waals surface area contributed by atoms with Crippen molar-refractivity contribution in [1.82, 2.24) is 0 Å². The number of hydrogen-bond acceptors (Lipinski definition) is 2. The summed E-state index contributed by atoms with van der Waals surface area (Å²) in [6.07, 6.45) is 0. The molecule has 1 atom stereocenters. The minimum absolute atomic E-state index is 0.152. The first-order valence-corrected chi connectivity index (χ1v) is 7.90. The number of hydrogen-bond donors (Lipinski definition) is 1. The van der Waals surface area contributed by atoms with Crippen LogP contribution >= 0.6 is 0 Å². The van der Waals surface area contributed by atoms with Gasteiger partial charge in [0.25, 0.3) is 0 Å². The predicted octanol–water partition coefficient (Wildman–Crippen LogP) is 3.04. The molecule has 22 heavy (non-hydrogen) atoms. The second-order valence-corrected chi connectivity index (χ2v) is 7.59. The maximum absolute atomic E-state index is 14.8. The van der Waals surface area contributed by atoms with Crippen molar-refractivity contribution in [3.63, 3.8) is 0 Å². The molecule has 6 heteroatoms. The number of carbonyl (C=O) groups is 1. The first kappa shape index (κ1) is 18.8. The lowest BCUT2D eigenvalue weighted by molar-refractivity contribution is -0.0288. The van der Waals surface area contributed by atoms with Crippen molar-refractivity contribution in [1.29, 1.82) is 0 Å². The van der Waals surface area contributed by atoms with E-state index in [1.54, 1.807) is 0 Å². The molecule has 0 spiro atoms. The van der Waals surface area contributed by atoms with Crippen molar-refractivity contribution in [2.75, 3.05) is 0 Å². The lowest BCUT2D eigenvalue weighted by atomic mass is 9.56. The van der Waals surface area contributed by atoms with E-state index in [1.807, 2.05) is 41.5 Å². The Kier molecular flexibility index (Phi) is 4.90. The van der Waals surface area contributed by atoms with Crippen molar-refractivity contribution in [2.45, 2.75) is 52.6 Å². The highest BCUT2D eigenvalue weighted by Gasteiger charge is 2.52. The second-order valence-electron chi connectivity index (χ2n) is 7.18. The Morgan fingerprint density at radius 3 is 2.00 bits per heavy atom. The molecule has 1 aromatic rings. The van der Waals surface area contributed by atoms with Crippen molar-refractivity contribution in [3.05, 3.63) is 34.9 Å². The Labute approximate surface area is 133 Å². The Hall–Kier alpha value is -1.27. The van der Waals surface area contributed by atoms with Gasteiger partial charge in [-0.15, -0.1) is 0 Å². The lowest BCUT2D eigenvalue weighted by Gasteiger charge is -2.52. The summed E-state index contributed by atoms with van der Waals surface area (Å²) in [6, 6.07) is 2.33. The van der Waals surface area contributed by atoms with Crippen LogP contribution in [0.2, 0.25) is 0 Å². The van der Waals surface area contributed by atoms with Crippen LogP contribution in [0, 0.1) is 17.0 Å². The molecule has 0 fully saturated rings. The zero-order valence-corrected chi connectivity index (χ0v) is 16.2. The van der Waals surface area contributed by atoms with Gasteiger partial charge in [-0.3, -0.25) is 0 Å². The summed E-state index contributed by atoms with van der Waals surface area (Å²) in [5.74, 6) is -3.72. The smallest absolute Gasteiger partial charge is 0.341 e. The number of rotatable bonds is 4. The highest BCUT2D eigenvalue weighted by molar-refractivity contribution is 5.98. The molecule has 0 bridgehead atoms. The largest absolute Gasteiger partial charge is 0.477 e. The van der Waals surface area contributed by atoms with Crippen LogP contribution in [0.15, 0.2) is 12.1 Å². The standard InChI is InChI=1S/C16H24F2O3Si/c1-14(2,3)16(6,15(4,5)21-22)9-7-8-10(17)11(12(9)18)13(19)20/h7-8H,1-6,22H3,(H,19,20). The first-order valence-electron chi connectivity index (χ1n) is 7.08. The molecule has 0 heterocycles. The highest BCUT2D eigenvalue weighted by atomic mass is 28.2. The lowest BCUT2D eigenvalue weighted by Crippen LogP contribution is -2.55. The average Bonchev–Trinajstić information content (AvgIpc) is 2.36. The molecule has 0 aliphatic heterocycles. The van der Waals surface area contributed by atoms with Crippen molar-refractivity contribution < 1.29 is 23.1 Å². The number of carboxylic acid groups (broad SMARTS) is 1. The molecule has 0 saturated carbocycles. The molecule has 3 nitrogen and oxygen atoms in total. The van der Waals surface area contributed by atoms with Gasteiger partial charge < -0.3 is 9.53 Å². The number of halogens is 2. The SMILES string of the molecule is CC(C)(C)C(C)(c1ccc(F)c(C(=O)O)c1F)C(C)(C)O[SiH3]. The van der Waals surface area contributed by atoms with E-state index in [1.165, 1.54) is 6.07 Å². The monoisotopic (exact) mass is 330 g/mol. The van der Waals surface area contributed by atoms with Gasteiger partial charge in [0.15, 0.2) is 0 Å². The predicted molar refractivity (Wildman–Crippen MR) is 85.2 cm³/mol. The molecular formula is C16H24F2O3Si. The van der Waals surface area contributed by atoms with E-state index in [-0.39, 0.29) is 5.56 Å². The molecule has 0 aliphatic carbocycles. The normalized spacial score (nSPS) is 15.6. The summed E-state index contributed by atoms with van der Waals surface area (Å²) in [5, 5.41) is 9.10. The second kappa shape index (κ2) is 5.74. The molecule has 0 saturated heterocycles. The summed E-state index contributed by atoms with van der Waals surface area (Å²) < 4.78 is 34.2. The van der Waals surface area contributed by atoms with Gasteiger partial charge >= 0.3 is 5.97 Å². The van der Waals surface area contributed by atoms with Gasteiger partial charge in [-0.1, -0.05) is 33.8 Å². The molecule has 0 aliphatic rings. The van der Waals surface area contributed by atoms with E-state index in [2.05, 4.69) is 0 Å². The molecule has 1 aromatic carbocycles. The zero-order valence-electron chi connectivity index (χ0n) is 14.2. The van der Waals surface area contributed by atoms with Crippen LogP contribution < -0.4 is 0 Å². The fourth-order valence-electron chi connectivity index (χ4n) is 2.97. The summed E-state index contributed by atoms with van der Waals surface area (Å²) >= 11 is 0. The average molecular weight is 330 g/mol. The quantitative estimate of drug-likeness (QED) is 0.863.